The fraction of sp³-hybridized carbons (Fsp3) is 0.435. The van der Waals surface area contributed by atoms with E-state index in [0.717, 1.165) is 23.3 Å². The Balaban J connectivity index is 1.22. The van der Waals surface area contributed by atoms with E-state index in [1.165, 1.54) is 0 Å². The Hall–Kier alpha value is -2.67. The molecule has 1 atom stereocenters. The molecule has 30 heavy (non-hydrogen) atoms. The normalized spacial score (nSPS) is 19.9. The van der Waals surface area contributed by atoms with Gasteiger partial charge in [-0.25, -0.2) is 0 Å². The van der Waals surface area contributed by atoms with Crippen molar-refractivity contribution < 1.29 is 14.4 Å². The molecule has 1 aromatic carbocycles. The summed E-state index contributed by atoms with van der Waals surface area (Å²) >= 11 is 1.60. The molecule has 2 aliphatic heterocycles. The van der Waals surface area contributed by atoms with Crippen molar-refractivity contribution in [3.05, 3.63) is 58.3 Å². The van der Waals surface area contributed by atoms with Crippen molar-refractivity contribution >= 4 is 29.1 Å². The van der Waals surface area contributed by atoms with Gasteiger partial charge in [0.15, 0.2) is 0 Å². The molecule has 6 nitrogen and oxygen atoms in total. The lowest BCUT2D eigenvalue weighted by Gasteiger charge is -2.33. The second-order valence-corrected chi connectivity index (χ2v) is 9.11. The largest absolute Gasteiger partial charge is 0.353 e. The Kier molecular flexibility index (Phi) is 6.47. The Morgan fingerprint density at radius 3 is 2.53 bits per heavy atom. The Labute approximate surface area is 180 Å². The lowest BCUT2D eigenvalue weighted by molar-refractivity contribution is -0.132. The number of rotatable bonds is 6. The highest BCUT2D eigenvalue weighted by molar-refractivity contribution is 7.10. The lowest BCUT2D eigenvalue weighted by Crippen LogP contribution is -2.48. The van der Waals surface area contributed by atoms with Crippen LogP contribution in [-0.2, 0) is 27.3 Å². The van der Waals surface area contributed by atoms with E-state index in [4.69, 9.17) is 0 Å². The first-order valence-corrected chi connectivity index (χ1v) is 11.4. The first kappa shape index (κ1) is 20.6. The molecule has 0 saturated carbocycles. The van der Waals surface area contributed by atoms with Crippen molar-refractivity contribution in [3.63, 3.8) is 0 Å². The van der Waals surface area contributed by atoms with Crippen LogP contribution in [0.5, 0.6) is 0 Å². The van der Waals surface area contributed by atoms with Gasteiger partial charge in [0.25, 0.3) is 0 Å². The molecule has 1 aromatic heterocycles. The molecular formula is C23H27N3O3S. The molecule has 1 unspecified atom stereocenters. The van der Waals surface area contributed by atoms with Gasteiger partial charge in [-0.1, -0.05) is 36.4 Å². The van der Waals surface area contributed by atoms with E-state index in [1.807, 2.05) is 52.7 Å². The van der Waals surface area contributed by atoms with Gasteiger partial charge in [-0.15, -0.1) is 11.3 Å². The summed E-state index contributed by atoms with van der Waals surface area (Å²) in [7, 11) is 0. The van der Waals surface area contributed by atoms with Crippen molar-refractivity contribution in [2.24, 2.45) is 5.92 Å². The summed E-state index contributed by atoms with van der Waals surface area (Å²) in [5, 5.41) is 5.10. The van der Waals surface area contributed by atoms with Crippen molar-refractivity contribution in [3.8, 4) is 0 Å². The number of carbonyl (C=O) groups is 3. The van der Waals surface area contributed by atoms with E-state index in [-0.39, 0.29) is 36.1 Å². The zero-order valence-electron chi connectivity index (χ0n) is 17.0. The van der Waals surface area contributed by atoms with Crippen LogP contribution in [0.2, 0.25) is 0 Å². The predicted octanol–water partition coefficient (Wildman–Crippen LogP) is 2.45. The Morgan fingerprint density at radius 1 is 1.07 bits per heavy atom. The molecule has 0 spiro atoms. The zero-order chi connectivity index (χ0) is 20.9. The average Bonchev–Trinajstić information content (AvgIpc) is 3.39. The van der Waals surface area contributed by atoms with E-state index in [0.29, 0.717) is 32.6 Å². The average molecular weight is 426 g/mol. The molecular weight excluding hydrogens is 398 g/mol. The highest BCUT2D eigenvalue weighted by Crippen LogP contribution is 2.22. The highest BCUT2D eigenvalue weighted by atomic mass is 32.1. The number of benzene rings is 1. The number of nitrogens with one attached hydrogen (secondary N) is 1. The summed E-state index contributed by atoms with van der Waals surface area (Å²) in [4.78, 5) is 42.2. The monoisotopic (exact) mass is 425 g/mol. The van der Waals surface area contributed by atoms with Crippen LogP contribution in [0.3, 0.4) is 0 Å². The maximum atomic E-state index is 12.7. The molecule has 3 heterocycles. The summed E-state index contributed by atoms with van der Waals surface area (Å²) < 4.78 is 0. The summed E-state index contributed by atoms with van der Waals surface area (Å²) in [5.74, 6) is -0.143. The summed E-state index contributed by atoms with van der Waals surface area (Å²) in [6.07, 6.45) is 2.25. The van der Waals surface area contributed by atoms with Gasteiger partial charge in [-0.05, 0) is 29.9 Å². The quantitative estimate of drug-likeness (QED) is 0.773. The number of hydrogen-bond acceptors (Lipinski definition) is 4. The number of amides is 3. The molecule has 7 heteroatoms. The van der Waals surface area contributed by atoms with Crippen LogP contribution < -0.4 is 5.32 Å². The number of thiophene rings is 1. The third-order valence-corrected chi connectivity index (χ3v) is 6.78. The standard InChI is InChI=1S/C23H27N3O3S/c27-21-13-18(16-26(21)15-17-5-2-1-3-6-17)23(29)24-19-8-10-25(11-9-19)22(28)14-20-7-4-12-30-20/h1-7,12,18-19H,8-11,13-16H2,(H,24,29). The minimum atomic E-state index is -0.292. The van der Waals surface area contributed by atoms with Crippen LogP contribution in [0, 0.1) is 5.92 Å². The van der Waals surface area contributed by atoms with Crippen molar-refractivity contribution in [2.75, 3.05) is 19.6 Å². The maximum absolute atomic E-state index is 12.7. The van der Waals surface area contributed by atoms with Gasteiger partial charge < -0.3 is 15.1 Å². The Bertz CT molecular complexity index is 876. The molecule has 158 valence electrons. The number of hydrogen-bond donors (Lipinski definition) is 1. The van der Waals surface area contributed by atoms with Crippen LogP contribution in [0.15, 0.2) is 47.8 Å². The molecule has 2 saturated heterocycles. The summed E-state index contributed by atoms with van der Waals surface area (Å²) in [5.41, 5.74) is 1.08. The smallest absolute Gasteiger partial charge is 0.227 e. The minimum Gasteiger partial charge on any atom is -0.353 e. The van der Waals surface area contributed by atoms with Gasteiger partial charge in [0, 0.05) is 43.5 Å². The summed E-state index contributed by atoms with van der Waals surface area (Å²) in [6, 6.07) is 13.9. The molecule has 4 rings (SSSR count). The molecule has 0 bridgehead atoms. The van der Waals surface area contributed by atoms with Gasteiger partial charge in [0.05, 0.1) is 12.3 Å². The fourth-order valence-electron chi connectivity index (χ4n) is 4.17. The third-order valence-electron chi connectivity index (χ3n) is 5.90. The van der Waals surface area contributed by atoms with Crippen molar-refractivity contribution in [1.29, 1.82) is 0 Å². The van der Waals surface area contributed by atoms with Crippen molar-refractivity contribution in [2.45, 2.75) is 38.3 Å². The van der Waals surface area contributed by atoms with Gasteiger partial charge >= 0.3 is 0 Å². The number of nitrogens with zero attached hydrogens (tertiary/aromatic N) is 2. The lowest BCUT2D eigenvalue weighted by atomic mass is 10.0. The van der Waals surface area contributed by atoms with Crippen LogP contribution in [0.1, 0.15) is 29.7 Å². The van der Waals surface area contributed by atoms with Crippen LogP contribution >= 0.6 is 11.3 Å². The fourth-order valence-corrected chi connectivity index (χ4v) is 4.87. The molecule has 3 amide bonds. The molecule has 2 aliphatic rings. The number of likely N-dealkylation sites (tertiary alicyclic amines) is 2. The van der Waals surface area contributed by atoms with Gasteiger partial charge in [0.2, 0.25) is 17.7 Å². The Morgan fingerprint density at radius 2 is 1.83 bits per heavy atom. The first-order chi connectivity index (χ1) is 14.6. The van der Waals surface area contributed by atoms with Gasteiger partial charge in [-0.3, -0.25) is 14.4 Å². The first-order valence-electron chi connectivity index (χ1n) is 10.5. The molecule has 2 aromatic rings. The second-order valence-electron chi connectivity index (χ2n) is 8.08. The van der Waals surface area contributed by atoms with Crippen LogP contribution in [0.25, 0.3) is 0 Å². The van der Waals surface area contributed by atoms with E-state index >= 15 is 0 Å². The van der Waals surface area contributed by atoms with E-state index < -0.39 is 0 Å². The minimum absolute atomic E-state index is 0.0352. The number of piperidine rings is 1. The van der Waals surface area contributed by atoms with Crippen LogP contribution in [-0.4, -0.2) is 53.2 Å². The summed E-state index contributed by atoms with van der Waals surface area (Å²) in [6.45, 7) is 2.35. The second kappa shape index (κ2) is 9.43. The van der Waals surface area contributed by atoms with Gasteiger partial charge in [0.1, 0.15) is 0 Å². The van der Waals surface area contributed by atoms with Crippen molar-refractivity contribution in [1.82, 2.24) is 15.1 Å². The van der Waals surface area contributed by atoms with E-state index in [1.54, 1.807) is 16.2 Å². The topological polar surface area (TPSA) is 69.7 Å². The maximum Gasteiger partial charge on any atom is 0.227 e. The molecule has 2 fully saturated rings. The van der Waals surface area contributed by atoms with E-state index in [9.17, 15) is 14.4 Å². The van der Waals surface area contributed by atoms with E-state index in [2.05, 4.69) is 5.32 Å². The van der Waals surface area contributed by atoms with Gasteiger partial charge in [-0.2, -0.15) is 0 Å². The van der Waals surface area contributed by atoms with Crippen LogP contribution in [0.4, 0.5) is 0 Å². The SMILES string of the molecule is O=C(NC1CCN(C(=O)Cc2cccs2)CC1)C1CC(=O)N(Cc2ccccc2)C1. The highest BCUT2D eigenvalue weighted by Gasteiger charge is 2.35. The zero-order valence-corrected chi connectivity index (χ0v) is 17.8. The third kappa shape index (κ3) is 5.08. The molecule has 0 aliphatic carbocycles. The predicted molar refractivity (Wildman–Crippen MR) is 116 cm³/mol. The number of carbonyl (C=O) groups excluding carboxylic acids is 3. The molecule has 1 N–H and O–H groups in total. The molecule has 0 radical (unpaired) electrons.